The molecule has 2 N–H and O–H groups in total. The van der Waals surface area contributed by atoms with E-state index in [1.54, 1.807) is 0 Å². The molecule has 260 valence electrons. The van der Waals surface area contributed by atoms with Gasteiger partial charge >= 0.3 is 0 Å². The third kappa shape index (κ3) is 5.49. The molecular formula is C46H52O4. The van der Waals surface area contributed by atoms with Crippen molar-refractivity contribution in [1.29, 1.82) is 0 Å². The highest BCUT2D eigenvalue weighted by Gasteiger charge is 2.40. The van der Waals surface area contributed by atoms with Gasteiger partial charge in [0.25, 0.3) is 0 Å². The lowest BCUT2D eigenvalue weighted by atomic mass is 9.64. The number of hydrogen-bond acceptors (Lipinski definition) is 4. The van der Waals surface area contributed by atoms with Crippen molar-refractivity contribution in [2.45, 2.75) is 126 Å². The first-order valence-electron chi connectivity index (χ1n) is 19.6. The van der Waals surface area contributed by atoms with E-state index in [9.17, 15) is 10.2 Å². The molecule has 5 aliphatic carbocycles. The SMILES string of the molecule is COc1c2cc3cc1C1CCC1c1cc(cc(c1O)Cc1cc4cc(c1OC)C1CCC1c1cc(cc(c1O)C2)CCCCC4)CCCCC3. The first-order valence-corrected chi connectivity index (χ1v) is 19.6. The van der Waals surface area contributed by atoms with Gasteiger partial charge in [0.2, 0.25) is 0 Å². The Balaban J connectivity index is 1.33. The summed E-state index contributed by atoms with van der Waals surface area (Å²) < 4.78 is 12.7. The largest absolute Gasteiger partial charge is 0.507 e. The van der Waals surface area contributed by atoms with Crippen molar-refractivity contribution in [2.75, 3.05) is 14.2 Å². The minimum absolute atomic E-state index is 0.238. The quantitative estimate of drug-likeness (QED) is 0.223. The molecule has 0 aromatic heterocycles. The number of benzene rings is 4. The molecule has 0 aliphatic heterocycles. The molecular weight excluding hydrogens is 617 g/mol. The van der Waals surface area contributed by atoms with E-state index in [2.05, 4.69) is 48.5 Å². The molecule has 0 amide bonds. The Kier molecular flexibility index (Phi) is 8.33. The Morgan fingerprint density at radius 3 is 1.08 bits per heavy atom. The number of aromatic hydroxyl groups is 2. The highest BCUT2D eigenvalue weighted by Crippen LogP contribution is 2.57. The number of ether oxygens (including phenoxy) is 2. The standard InChI is InChI=1S/C46H52O4/c1-49-45-33-19-29-11-7-3-5-10-28-18-32(44(48)39(21-28)35-13-15-37(35)41(45)23-29)26-34-20-30-12-8-4-6-9-27-17-31(25-33)43(47)40(22-27)36-14-16-38(36)42(24-30)46(34)50-2/h17-24,35-38,47-48H,3-16,25-26H2,1-2H3. The van der Waals surface area contributed by atoms with E-state index in [0.29, 0.717) is 24.3 Å². The molecule has 0 spiro atoms. The summed E-state index contributed by atoms with van der Waals surface area (Å²) >= 11 is 0. The topological polar surface area (TPSA) is 58.9 Å². The summed E-state index contributed by atoms with van der Waals surface area (Å²) in [5, 5.41) is 24.5. The molecule has 4 aromatic rings. The number of phenols is 2. The fourth-order valence-electron chi connectivity index (χ4n) is 10.4. The van der Waals surface area contributed by atoms with Gasteiger partial charge in [-0.3, -0.25) is 0 Å². The number of hydrogen-bond donors (Lipinski definition) is 2. The second kappa shape index (κ2) is 13.0. The Hall–Kier alpha value is -3.92. The smallest absolute Gasteiger partial charge is 0.125 e. The molecule has 4 heteroatoms. The van der Waals surface area contributed by atoms with Crippen molar-refractivity contribution in [3.8, 4) is 23.0 Å². The Morgan fingerprint density at radius 1 is 0.420 bits per heavy atom. The predicted molar refractivity (Wildman–Crippen MR) is 200 cm³/mol. The molecule has 5 aliphatic rings. The van der Waals surface area contributed by atoms with Crippen LogP contribution in [0.5, 0.6) is 23.0 Å². The Morgan fingerprint density at radius 2 is 0.740 bits per heavy atom. The summed E-state index contributed by atoms with van der Waals surface area (Å²) in [6.45, 7) is 0. The molecule has 12 bridgehead atoms. The average Bonchev–Trinajstić information content (AvgIpc) is 3.07. The van der Waals surface area contributed by atoms with Crippen molar-refractivity contribution >= 4 is 0 Å². The number of aryl methyl sites for hydroxylation is 4. The van der Waals surface area contributed by atoms with E-state index < -0.39 is 0 Å². The summed E-state index contributed by atoms with van der Waals surface area (Å²) in [6, 6.07) is 18.9. The van der Waals surface area contributed by atoms with Crippen LogP contribution in [-0.2, 0) is 38.5 Å². The maximum absolute atomic E-state index is 12.2. The van der Waals surface area contributed by atoms with Crippen molar-refractivity contribution in [1.82, 2.24) is 0 Å². The van der Waals surface area contributed by atoms with E-state index in [4.69, 9.17) is 9.47 Å². The molecule has 2 fully saturated rings. The van der Waals surface area contributed by atoms with Crippen molar-refractivity contribution in [2.24, 2.45) is 0 Å². The van der Waals surface area contributed by atoms with Gasteiger partial charge in [0.1, 0.15) is 23.0 Å². The summed E-state index contributed by atoms with van der Waals surface area (Å²) in [5.41, 5.74) is 14.7. The number of rotatable bonds is 2. The average molecular weight is 669 g/mol. The molecule has 0 saturated heterocycles. The second-order valence-corrected chi connectivity index (χ2v) is 16.2. The summed E-state index contributed by atoms with van der Waals surface area (Å²) in [7, 11) is 3.65. The minimum Gasteiger partial charge on any atom is -0.507 e. The van der Waals surface area contributed by atoms with Crippen LogP contribution in [0.15, 0.2) is 48.5 Å². The van der Waals surface area contributed by atoms with Gasteiger partial charge < -0.3 is 19.7 Å². The third-order valence-corrected chi connectivity index (χ3v) is 13.2. The van der Waals surface area contributed by atoms with Crippen molar-refractivity contribution < 1.29 is 19.7 Å². The minimum atomic E-state index is 0.238. The zero-order valence-corrected chi connectivity index (χ0v) is 30.0. The predicted octanol–water partition coefficient (Wildman–Crippen LogP) is 10.5. The molecule has 4 atom stereocenters. The molecule has 4 aromatic carbocycles. The summed E-state index contributed by atoms with van der Waals surface area (Å²) in [5.74, 6) is 3.93. The maximum Gasteiger partial charge on any atom is 0.125 e. The highest BCUT2D eigenvalue weighted by molar-refractivity contribution is 5.59. The van der Waals surface area contributed by atoms with Crippen LogP contribution >= 0.6 is 0 Å². The fraction of sp³-hybridized carbons (Fsp3) is 0.478. The van der Waals surface area contributed by atoms with Gasteiger partial charge in [-0.25, -0.2) is 0 Å². The summed E-state index contributed by atoms with van der Waals surface area (Å²) in [4.78, 5) is 0. The number of phenolic OH excluding ortho intramolecular Hbond substituents is 2. The Labute approximate surface area is 297 Å². The lowest BCUT2D eigenvalue weighted by Crippen LogP contribution is -2.24. The van der Waals surface area contributed by atoms with Gasteiger partial charge in [0.05, 0.1) is 14.2 Å². The zero-order chi connectivity index (χ0) is 33.9. The van der Waals surface area contributed by atoms with Crippen LogP contribution in [0.3, 0.4) is 0 Å². The van der Waals surface area contributed by atoms with Crippen LogP contribution in [0.1, 0.15) is 155 Å². The third-order valence-electron chi connectivity index (χ3n) is 13.2. The highest BCUT2D eigenvalue weighted by atomic mass is 16.5. The van der Waals surface area contributed by atoms with Crippen LogP contribution < -0.4 is 9.47 Å². The zero-order valence-electron chi connectivity index (χ0n) is 30.0. The molecule has 4 unspecified atom stereocenters. The lowest BCUT2D eigenvalue weighted by Gasteiger charge is -2.40. The van der Waals surface area contributed by atoms with Crippen LogP contribution in [-0.4, -0.2) is 24.4 Å². The molecule has 50 heavy (non-hydrogen) atoms. The van der Waals surface area contributed by atoms with Gasteiger partial charge in [-0.05, 0) is 167 Å². The Bertz CT molecular complexity index is 1810. The van der Waals surface area contributed by atoms with Gasteiger partial charge in [0, 0.05) is 12.8 Å². The van der Waals surface area contributed by atoms with Gasteiger partial charge in [-0.2, -0.15) is 0 Å². The first-order chi connectivity index (χ1) is 24.5. The van der Waals surface area contributed by atoms with Crippen molar-refractivity contribution in [3.05, 3.63) is 115 Å². The lowest BCUT2D eigenvalue weighted by molar-refractivity contribution is 0.316. The van der Waals surface area contributed by atoms with E-state index in [1.165, 1.54) is 57.3 Å². The first kappa shape index (κ1) is 32.0. The van der Waals surface area contributed by atoms with Crippen LogP contribution in [0.4, 0.5) is 0 Å². The number of methoxy groups -OCH3 is 2. The molecule has 2 saturated carbocycles. The van der Waals surface area contributed by atoms with E-state index in [-0.39, 0.29) is 23.7 Å². The van der Waals surface area contributed by atoms with Gasteiger partial charge in [-0.15, -0.1) is 0 Å². The van der Waals surface area contributed by atoms with Gasteiger partial charge in [0.15, 0.2) is 0 Å². The number of fused-ring (bicyclic) bond motifs is 8. The second-order valence-electron chi connectivity index (χ2n) is 16.2. The normalized spacial score (nSPS) is 23.9. The van der Waals surface area contributed by atoms with E-state index >= 15 is 0 Å². The van der Waals surface area contributed by atoms with Gasteiger partial charge in [-0.1, -0.05) is 61.4 Å². The summed E-state index contributed by atoms with van der Waals surface area (Å²) in [6.07, 6.45) is 16.7. The fourth-order valence-corrected chi connectivity index (χ4v) is 10.4. The monoisotopic (exact) mass is 668 g/mol. The molecule has 0 heterocycles. The van der Waals surface area contributed by atoms with Crippen LogP contribution in [0.2, 0.25) is 0 Å². The maximum atomic E-state index is 12.2. The van der Waals surface area contributed by atoms with Crippen LogP contribution in [0.25, 0.3) is 0 Å². The van der Waals surface area contributed by atoms with E-state index in [0.717, 1.165) is 111 Å². The van der Waals surface area contributed by atoms with Crippen molar-refractivity contribution in [3.63, 3.8) is 0 Å². The molecule has 0 radical (unpaired) electrons. The molecule has 9 rings (SSSR count). The van der Waals surface area contributed by atoms with Crippen LogP contribution in [0, 0.1) is 0 Å². The van der Waals surface area contributed by atoms with E-state index in [1.807, 2.05) is 14.2 Å². The molecule has 4 nitrogen and oxygen atoms in total.